The fourth-order valence-electron chi connectivity index (χ4n) is 3.95. The molecule has 0 aliphatic carbocycles. The van der Waals surface area contributed by atoms with E-state index in [4.69, 9.17) is 0 Å². The van der Waals surface area contributed by atoms with Crippen LogP contribution >= 0.6 is 11.3 Å². The van der Waals surface area contributed by atoms with Crippen molar-refractivity contribution in [1.82, 2.24) is 20.3 Å². The summed E-state index contributed by atoms with van der Waals surface area (Å²) in [6.07, 6.45) is 7.47. The lowest BCUT2D eigenvalue weighted by Crippen LogP contribution is -2.28. The van der Waals surface area contributed by atoms with Crippen LogP contribution in [0.15, 0.2) is 54.3 Å². The number of benzene rings is 2. The second-order valence-electron chi connectivity index (χ2n) is 8.21. The highest BCUT2D eigenvalue weighted by Gasteiger charge is 2.21. The molecule has 0 spiro atoms. The first-order valence-electron chi connectivity index (χ1n) is 11.5. The van der Waals surface area contributed by atoms with E-state index < -0.39 is 0 Å². The van der Waals surface area contributed by atoms with E-state index in [0.717, 1.165) is 24.6 Å². The van der Waals surface area contributed by atoms with Crippen LogP contribution in [0.25, 0.3) is 22.0 Å². The van der Waals surface area contributed by atoms with E-state index in [1.807, 2.05) is 31.2 Å². The van der Waals surface area contributed by atoms with Gasteiger partial charge in [-0.1, -0.05) is 50.1 Å². The predicted octanol–water partition coefficient (Wildman–Crippen LogP) is 6.23. The first kappa shape index (κ1) is 23.8. The van der Waals surface area contributed by atoms with E-state index in [1.54, 1.807) is 23.8 Å². The Morgan fingerprint density at radius 1 is 1.12 bits per heavy atom. The molecule has 0 radical (unpaired) electrons. The monoisotopic (exact) mass is 478 g/mol. The van der Waals surface area contributed by atoms with Crippen molar-refractivity contribution in [2.45, 2.75) is 51.5 Å². The van der Waals surface area contributed by atoms with Crippen molar-refractivity contribution in [3.05, 3.63) is 70.8 Å². The molecule has 34 heavy (non-hydrogen) atoms. The highest BCUT2D eigenvalue weighted by molar-refractivity contribution is 7.11. The molecule has 6 nitrogen and oxygen atoms in total. The molecule has 2 aromatic heterocycles. The number of aromatic nitrogens is 3. The number of ketones is 1. The number of hydrogen-bond acceptors (Lipinski definition) is 5. The first-order chi connectivity index (χ1) is 16.6. The van der Waals surface area contributed by atoms with Crippen molar-refractivity contribution in [2.24, 2.45) is 0 Å². The van der Waals surface area contributed by atoms with Crippen LogP contribution in [0.3, 0.4) is 0 Å². The Morgan fingerprint density at radius 2 is 1.97 bits per heavy atom. The van der Waals surface area contributed by atoms with Gasteiger partial charge in [-0.25, -0.2) is 9.37 Å². The van der Waals surface area contributed by atoms with Crippen molar-refractivity contribution in [3.8, 4) is 11.3 Å². The number of halogens is 1. The summed E-state index contributed by atoms with van der Waals surface area (Å²) >= 11 is 1.27. The summed E-state index contributed by atoms with van der Waals surface area (Å²) in [5, 5.41) is 4.41. The van der Waals surface area contributed by atoms with Crippen molar-refractivity contribution >= 4 is 33.8 Å². The summed E-state index contributed by atoms with van der Waals surface area (Å²) in [5.41, 5.74) is 2.61. The van der Waals surface area contributed by atoms with Gasteiger partial charge in [0.1, 0.15) is 22.3 Å². The molecular weight excluding hydrogens is 451 g/mol. The number of rotatable bonds is 11. The largest absolute Gasteiger partial charge is 0.341 e. The normalized spacial score (nSPS) is 12.1. The third-order valence-electron chi connectivity index (χ3n) is 5.88. The van der Waals surface area contributed by atoms with Gasteiger partial charge in [0, 0.05) is 23.8 Å². The van der Waals surface area contributed by atoms with Crippen LogP contribution in [0, 0.1) is 5.82 Å². The number of Topliss-reactive ketones (excluding diaryl/α,β-unsaturated/α-hetero) is 1. The number of aromatic amines is 1. The van der Waals surface area contributed by atoms with Crippen molar-refractivity contribution in [1.29, 1.82) is 0 Å². The van der Waals surface area contributed by atoms with E-state index in [-0.39, 0.29) is 23.5 Å². The number of carbonyl (C=O) groups excluding carboxylic acids is 2. The second-order valence-corrected chi connectivity index (χ2v) is 9.10. The van der Waals surface area contributed by atoms with Crippen LogP contribution in [-0.4, -0.2) is 26.6 Å². The molecule has 0 saturated heterocycles. The molecule has 176 valence electrons. The molecule has 0 aliphatic heterocycles. The number of nitrogens with one attached hydrogen (secondary N) is 2. The zero-order valence-electron chi connectivity index (χ0n) is 19.0. The molecule has 0 bridgehead atoms. The molecular formula is C26H27FN4O2S. The Balaban J connectivity index is 1.52. The topological polar surface area (TPSA) is 87.7 Å². The SMILES string of the molecule is CCC(=O)CCCCC[C@H](NC(=O)c1cncs1)c1ncc(-c2ccc3ccccc3c2F)[nH]1. The molecule has 2 N–H and O–H groups in total. The van der Waals surface area contributed by atoms with E-state index in [1.165, 1.54) is 17.5 Å². The Morgan fingerprint density at radius 3 is 2.76 bits per heavy atom. The second kappa shape index (κ2) is 11.2. The Kier molecular flexibility index (Phi) is 7.80. The summed E-state index contributed by atoms with van der Waals surface area (Å²) in [5.74, 6) is 0.316. The molecule has 1 amide bonds. The predicted molar refractivity (Wildman–Crippen MR) is 132 cm³/mol. The van der Waals surface area contributed by atoms with Gasteiger partial charge in [-0.15, -0.1) is 11.3 Å². The fraction of sp³-hybridized carbons (Fsp3) is 0.308. The maximum absolute atomic E-state index is 15.2. The number of nitrogens with zero attached hydrogens (tertiary/aromatic N) is 2. The maximum Gasteiger partial charge on any atom is 0.263 e. The average Bonchev–Trinajstić information content (AvgIpc) is 3.56. The van der Waals surface area contributed by atoms with Gasteiger partial charge in [-0.3, -0.25) is 14.6 Å². The smallest absolute Gasteiger partial charge is 0.263 e. The minimum absolute atomic E-state index is 0.219. The molecule has 0 unspecified atom stereocenters. The summed E-state index contributed by atoms with van der Waals surface area (Å²) < 4.78 is 15.2. The molecule has 0 fully saturated rings. The maximum atomic E-state index is 15.2. The summed E-state index contributed by atoms with van der Waals surface area (Å²) in [6, 6.07) is 10.6. The molecule has 4 aromatic rings. The van der Waals surface area contributed by atoms with Gasteiger partial charge in [-0.2, -0.15) is 0 Å². The van der Waals surface area contributed by atoms with Gasteiger partial charge >= 0.3 is 0 Å². The third kappa shape index (κ3) is 5.56. The first-order valence-corrected chi connectivity index (χ1v) is 12.4. The van der Waals surface area contributed by atoms with Gasteiger partial charge in [0.15, 0.2) is 0 Å². The molecule has 0 aliphatic rings. The molecule has 2 aromatic carbocycles. The minimum Gasteiger partial charge on any atom is -0.341 e. The number of unbranched alkanes of at least 4 members (excludes halogenated alkanes) is 2. The van der Waals surface area contributed by atoms with Crippen LogP contribution in [-0.2, 0) is 4.79 Å². The number of thiazole rings is 1. The van der Waals surface area contributed by atoms with E-state index in [0.29, 0.717) is 46.6 Å². The number of imidazole rings is 1. The molecule has 4 rings (SSSR count). The fourth-order valence-corrected chi connectivity index (χ4v) is 4.47. The van der Waals surface area contributed by atoms with Crippen LogP contribution in [0.5, 0.6) is 0 Å². The number of carbonyl (C=O) groups is 2. The van der Waals surface area contributed by atoms with E-state index in [9.17, 15) is 9.59 Å². The lowest BCUT2D eigenvalue weighted by molar-refractivity contribution is -0.118. The van der Waals surface area contributed by atoms with Crippen molar-refractivity contribution in [2.75, 3.05) is 0 Å². The van der Waals surface area contributed by atoms with E-state index in [2.05, 4.69) is 20.3 Å². The number of H-pyrrole nitrogens is 1. The van der Waals surface area contributed by atoms with Crippen LogP contribution < -0.4 is 5.32 Å². The quantitative estimate of drug-likeness (QED) is 0.250. The lowest BCUT2D eigenvalue weighted by Gasteiger charge is -2.16. The summed E-state index contributed by atoms with van der Waals surface area (Å²) in [6.45, 7) is 1.88. The van der Waals surface area contributed by atoms with Crippen molar-refractivity contribution < 1.29 is 14.0 Å². The zero-order chi connectivity index (χ0) is 23.9. The minimum atomic E-state index is -0.367. The number of hydrogen-bond donors (Lipinski definition) is 2. The average molecular weight is 479 g/mol. The van der Waals surface area contributed by atoms with Crippen molar-refractivity contribution in [3.63, 3.8) is 0 Å². The van der Waals surface area contributed by atoms with Crippen LogP contribution in [0.2, 0.25) is 0 Å². The highest BCUT2D eigenvalue weighted by Crippen LogP contribution is 2.29. The van der Waals surface area contributed by atoms with Gasteiger partial charge in [-0.05, 0) is 24.3 Å². The molecule has 2 heterocycles. The molecule has 8 heteroatoms. The zero-order valence-corrected chi connectivity index (χ0v) is 19.8. The Labute approximate surface area is 201 Å². The molecule has 0 saturated carbocycles. The number of fused-ring (bicyclic) bond motifs is 1. The van der Waals surface area contributed by atoms with Gasteiger partial charge in [0.25, 0.3) is 5.91 Å². The van der Waals surface area contributed by atoms with Gasteiger partial charge < -0.3 is 10.3 Å². The Bertz CT molecular complexity index is 1270. The Hall–Kier alpha value is -3.39. The van der Waals surface area contributed by atoms with Crippen LogP contribution in [0.1, 0.15) is 67.0 Å². The summed E-state index contributed by atoms with van der Waals surface area (Å²) in [4.78, 5) is 36.4. The standard InChI is InChI=1S/C26H27FN4O2S/c1-2-18(32)9-4-3-5-11-21(31-26(33)23-15-28-16-34-23)25-29-14-22(30-25)20-13-12-17-8-6-7-10-19(17)24(20)27/h6-8,10,12-16,21H,2-5,9,11H2,1H3,(H,29,30)(H,31,33)/t21-/m0/s1. The number of amides is 1. The van der Waals surface area contributed by atoms with Gasteiger partial charge in [0.05, 0.1) is 29.6 Å². The van der Waals surface area contributed by atoms with Crippen LogP contribution in [0.4, 0.5) is 4.39 Å². The van der Waals surface area contributed by atoms with E-state index >= 15 is 4.39 Å². The molecule has 1 atom stereocenters. The summed E-state index contributed by atoms with van der Waals surface area (Å²) in [7, 11) is 0. The van der Waals surface area contributed by atoms with Gasteiger partial charge in [0.2, 0.25) is 0 Å². The highest BCUT2D eigenvalue weighted by atomic mass is 32.1. The lowest BCUT2D eigenvalue weighted by atomic mass is 10.0. The third-order valence-corrected chi connectivity index (χ3v) is 6.66.